The summed E-state index contributed by atoms with van der Waals surface area (Å²) in [5.74, 6) is -1.51. The maximum absolute atomic E-state index is 14.3. The average molecular weight is 344 g/mol. The molecule has 3 aromatic rings. The Labute approximate surface area is 144 Å². The highest BCUT2D eigenvalue weighted by molar-refractivity contribution is 5.46. The van der Waals surface area contributed by atoms with Gasteiger partial charge in [-0.2, -0.15) is 5.10 Å². The van der Waals surface area contributed by atoms with Crippen molar-refractivity contribution in [2.45, 2.75) is 19.1 Å². The first-order chi connectivity index (χ1) is 12.0. The molecule has 0 aliphatic rings. The first-order valence-corrected chi connectivity index (χ1v) is 7.77. The third kappa shape index (κ3) is 4.00. The van der Waals surface area contributed by atoms with Crippen LogP contribution in [0.1, 0.15) is 11.1 Å². The Morgan fingerprint density at radius 2 is 2.04 bits per heavy atom. The predicted molar refractivity (Wildman–Crippen MR) is 89.9 cm³/mol. The Balaban J connectivity index is 1.90. The van der Waals surface area contributed by atoms with Crippen molar-refractivity contribution in [2.75, 3.05) is 11.9 Å². The summed E-state index contributed by atoms with van der Waals surface area (Å²) in [6.45, 7) is 1.93. The molecule has 0 saturated carbocycles. The second kappa shape index (κ2) is 6.98. The number of rotatable bonds is 6. The molecule has 0 saturated heterocycles. The number of nitrogens with one attached hydrogen (secondary N) is 1. The molecule has 3 rings (SSSR count). The molecule has 0 bridgehead atoms. The molecule has 0 radical (unpaired) electrons. The lowest BCUT2D eigenvalue weighted by molar-refractivity contribution is 0.0247. The predicted octanol–water partition coefficient (Wildman–Crippen LogP) is 2.86. The van der Waals surface area contributed by atoms with Gasteiger partial charge >= 0.3 is 0 Å². The van der Waals surface area contributed by atoms with E-state index in [9.17, 15) is 13.9 Å². The summed E-state index contributed by atoms with van der Waals surface area (Å²) in [4.78, 5) is 3.83. The lowest BCUT2D eigenvalue weighted by atomic mass is 9.92. The van der Waals surface area contributed by atoms with Crippen molar-refractivity contribution in [1.82, 2.24) is 14.8 Å². The quantitative estimate of drug-likeness (QED) is 0.722. The Kier molecular flexibility index (Phi) is 4.76. The molecule has 1 heterocycles. The highest BCUT2D eigenvalue weighted by Crippen LogP contribution is 2.27. The van der Waals surface area contributed by atoms with Crippen LogP contribution in [0.4, 0.5) is 14.5 Å². The molecule has 25 heavy (non-hydrogen) atoms. The number of anilines is 1. The first kappa shape index (κ1) is 17.0. The van der Waals surface area contributed by atoms with E-state index in [0.717, 1.165) is 23.4 Å². The van der Waals surface area contributed by atoms with E-state index >= 15 is 0 Å². The van der Waals surface area contributed by atoms with Gasteiger partial charge in [-0.15, -0.1) is 0 Å². The number of aliphatic hydroxyl groups is 1. The van der Waals surface area contributed by atoms with Gasteiger partial charge < -0.3 is 10.4 Å². The third-order valence-corrected chi connectivity index (χ3v) is 3.93. The maximum Gasteiger partial charge on any atom is 0.137 e. The zero-order valence-electron chi connectivity index (χ0n) is 13.7. The topological polar surface area (TPSA) is 63.0 Å². The molecule has 0 aliphatic heterocycles. The number of benzene rings is 2. The second-order valence-corrected chi connectivity index (χ2v) is 5.97. The molecule has 1 unspecified atom stereocenters. The van der Waals surface area contributed by atoms with Crippen molar-refractivity contribution in [3.05, 3.63) is 77.9 Å². The average Bonchev–Trinajstić information content (AvgIpc) is 3.05. The Bertz CT molecular complexity index is 854. The van der Waals surface area contributed by atoms with Crippen LogP contribution in [0.2, 0.25) is 0 Å². The van der Waals surface area contributed by atoms with Gasteiger partial charge in [-0.25, -0.2) is 18.4 Å². The lowest BCUT2D eigenvalue weighted by Crippen LogP contribution is -2.39. The van der Waals surface area contributed by atoms with Crippen LogP contribution in [0, 0.1) is 18.6 Å². The van der Waals surface area contributed by atoms with E-state index in [1.807, 2.05) is 31.2 Å². The van der Waals surface area contributed by atoms with E-state index in [1.165, 1.54) is 23.4 Å². The van der Waals surface area contributed by atoms with Crippen LogP contribution in [0.3, 0.4) is 0 Å². The lowest BCUT2D eigenvalue weighted by Gasteiger charge is -2.29. The van der Waals surface area contributed by atoms with Gasteiger partial charge in [0.1, 0.15) is 29.9 Å². The van der Waals surface area contributed by atoms with E-state index in [2.05, 4.69) is 15.4 Å². The van der Waals surface area contributed by atoms with Gasteiger partial charge in [-0.3, -0.25) is 0 Å². The monoisotopic (exact) mass is 344 g/mol. The highest BCUT2D eigenvalue weighted by atomic mass is 19.1. The largest absolute Gasteiger partial charge is 0.382 e. The van der Waals surface area contributed by atoms with Crippen molar-refractivity contribution in [1.29, 1.82) is 0 Å². The summed E-state index contributed by atoms with van der Waals surface area (Å²) in [6.07, 6.45) is 2.76. The normalized spacial score (nSPS) is 13.4. The summed E-state index contributed by atoms with van der Waals surface area (Å²) >= 11 is 0. The molecule has 0 fully saturated rings. The minimum absolute atomic E-state index is 0.00967. The number of hydrogen-bond acceptors (Lipinski definition) is 4. The third-order valence-electron chi connectivity index (χ3n) is 3.93. The van der Waals surface area contributed by atoms with E-state index in [0.29, 0.717) is 0 Å². The maximum atomic E-state index is 14.3. The van der Waals surface area contributed by atoms with Crippen molar-refractivity contribution in [3.63, 3.8) is 0 Å². The van der Waals surface area contributed by atoms with Crippen LogP contribution < -0.4 is 5.32 Å². The Morgan fingerprint density at radius 1 is 1.20 bits per heavy atom. The van der Waals surface area contributed by atoms with Crippen LogP contribution in [0.15, 0.2) is 55.1 Å². The van der Waals surface area contributed by atoms with Crippen molar-refractivity contribution >= 4 is 5.69 Å². The number of aromatic nitrogens is 3. The summed E-state index contributed by atoms with van der Waals surface area (Å²) < 4.78 is 28.9. The fraction of sp³-hybridized carbons (Fsp3) is 0.222. The molecule has 7 heteroatoms. The summed E-state index contributed by atoms with van der Waals surface area (Å²) in [5, 5.41) is 18.2. The SMILES string of the molecule is Cc1cccc(NCC(O)(Cn2cncn2)c2ccc(F)cc2F)c1. The summed E-state index contributed by atoms with van der Waals surface area (Å²) in [7, 11) is 0. The molecule has 2 N–H and O–H groups in total. The van der Waals surface area contributed by atoms with Gasteiger partial charge in [0.25, 0.3) is 0 Å². The molecule has 0 spiro atoms. The Hall–Kier alpha value is -2.80. The molecule has 1 atom stereocenters. The molecule has 0 amide bonds. The summed E-state index contributed by atoms with van der Waals surface area (Å²) in [6, 6.07) is 10.7. The molecule has 130 valence electrons. The molecule has 2 aromatic carbocycles. The van der Waals surface area contributed by atoms with Gasteiger partial charge in [0.2, 0.25) is 0 Å². The van der Waals surface area contributed by atoms with Crippen LogP contribution in [-0.2, 0) is 12.1 Å². The van der Waals surface area contributed by atoms with Crippen molar-refractivity contribution in [2.24, 2.45) is 0 Å². The van der Waals surface area contributed by atoms with Crippen molar-refractivity contribution in [3.8, 4) is 0 Å². The second-order valence-electron chi connectivity index (χ2n) is 5.97. The molecular weight excluding hydrogens is 326 g/mol. The number of aryl methyl sites for hydroxylation is 1. The van der Waals surface area contributed by atoms with Crippen molar-refractivity contribution < 1.29 is 13.9 Å². The first-order valence-electron chi connectivity index (χ1n) is 7.77. The number of nitrogens with zero attached hydrogens (tertiary/aromatic N) is 3. The van der Waals surface area contributed by atoms with E-state index in [1.54, 1.807) is 0 Å². The molecule has 1 aromatic heterocycles. The molecule has 0 aliphatic carbocycles. The van der Waals surface area contributed by atoms with E-state index in [-0.39, 0.29) is 18.7 Å². The zero-order valence-corrected chi connectivity index (χ0v) is 13.7. The number of halogens is 2. The molecule has 5 nitrogen and oxygen atoms in total. The van der Waals surface area contributed by atoms with Gasteiger partial charge in [-0.05, 0) is 30.7 Å². The van der Waals surface area contributed by atoms with Gasteiger partial charge in [0.05, 0.1) is 6.54 Å². The Morgan fingerprint density at radius 3 is 2.72 bits per heavy atom. The standard InChI is InChI=1S/C18H18F2N4O/c1-13-3-2-4-15(7-13)22-9-18(25,10-24-12-21-11-23-24)16-6-5-14(19)8-17(16)20/h2-8,11-12,22,25H,9-10H2,1H3. The van der Waals surface area contributed by atoms with Crippen LogP contribution in [-0.4, -0.2) is 26.4 Å². The highest BCUT2D eigenvalue weighted by Gasteiger charge is 2.33. The number of hydrogen-bond donors (Lipinski definition) is 2. The minimum atomic E-state index is -1.64. The van der Waals surface area contributed by atoms with Gasteiger partial charge in [0.15, 0.2) is 0 Å². The van der Waals surface area contributed by atoms with Gasteiger partial charge in [-0.1, -0.05) is 18.2 Å². The molecular formula is C18H18F2N4O. The van der Waals surface area contributed by atoms with Crippen LogP contribution in [0.5, 0.6) is 0 Å². The summed E-state index contributed by atoms with van der Waals surface area (Å²) in [5.41, 5.74) is 0.191. The van der Waals surface area contributed by atoms with E-state index in [4.69, 9.17) is 0 Å². The van der Waals surface area contributed by atoms with E-state index < -0.39 is 17.2 Å². The smallest absolute Gasteiger partial charge is 0.137 e. The van der Waals surface area contributed by atoms with Crippen LogP contribution in [0.25, 0.3) is 0 Å². The van der Waals surface area contributed by atoms with Crippen LogP contribution >= 0.6 is 0 Å². The fourth-order valence-corrected chi connectivity index (χ4v) is 2.69. The fourth-order valence-electron chi connectivity index (χ4n) is 2.69. The zero-order chi connectivity index (χ0) is 17.9. The minimum Gasteiger partial charge on any atom is -0.382 e. The van der Waals surface area contributed by atoms with Gasteiger partial charge in [0, 0.05) is 23.9 Å².